The maximum Gasteiger partial charge on any atom is 0.147 e. The molecule has 0 atom stereocenters. The van der Waals surface area contributed by atoms with Crippen LogP contribution in [0, 0.1) is 24.1 Å². The maximum atomic E-state index is 13.0. The average molecular weight is 219 g/mol. The van der Waals surface area contributed by atoms with Crippen LogP contribution in [0.4, 0.5) is 4.39 Å². The number of rotatable bonds is 1. The van der Waals surface area contributed by atoms with Gasteiger partial charge in [0.05, 0.1) is 5.56 Å². The minimum atomic E-state index is -0.512. The maximum absolute atomic E-state index is 13.0. The van der Waals surface area contributed by atoms with Gasteiger partial charge in [-0.2, -0.15) is 5.26 Å². The van der Waals surface area contributed by atoms with Gasteiger partial charge in [-0.15, -0.1) is 10.2 Å². The van der Waals surface area contributed by atoms with Gasteiger partial charge in [-0.05, 0) is 25.1 Å². The Morgan fingerprint density at radius 1 is 1.40 bits per heavy atom. The zero-order chi connectivity index (χ0) is 10.8. The predicted molar refractivity (Wildman–Crippen MR) is 54.8 cm³/mol. The first kappa shape index (κ1) is 9.74. The Hall–Kier alpha value is -1.80. The molecule has 5 heteroatoms. The fourth-order valence-corrected chi connectivity index (χ4v) is 1.85. The summed E-state index contributed by atoms with van der Waals surface area (Å²) in [5.74, 6) is -0.512. The van der Waals surface area contributed by atoms with Crippen molar-refractivity contribution in [1.82, 2.24) is 10.2 Å². The molecule has 0 amide bonds. The Bertz CT molecular complexity index is 542. The van der Waals surface area contributed by atoms with Gasteiger partial charge in [0.25, 0.3) is 0 Å². The molecule has 0 N–H and O–H groups in total. The topological polar surface area (TPSA) is 49.6 Å². The SMILES string of the molecule is Cc1nnc(-c2ccc(F)c(C#N)c2)s1. The number of hydrogen-bond acceptors (Lipinski definition) is 4. The van der Waals surface area contributed by atoms with Gasteiger partial charge in [0.1, 0.15) is 21.9 Å². The molecule has 0 aliphatic heterocycles. The summed E-state index contributed by atoms with van der Waals surface area (Å²) in [6.45, 7) is 1.84. The Morgan fingerprint density at radius 3 is 2.80 bits per heavy atom. The van der Waals surface area contributed by atoms with Gasteiger partial charge in [-0.1, -0.05) is 11.3 Å². The highest BCUT2D eigenvalue weighted by Crippen LogP contribution is 2.24. The van der Waals surface area contributed by atoms with E-state index in [4.69, 9.17) is 5.26 Å². The molecule has 0 aliphatic rings. The molecule has 0 aliphatic carbocycles. The van der Waals surface area contributed by atoms with E-state index in [-0.39, 0.29) is 5.56 Å². The summed E-state index contributed by atoms with van der Waals surface area (Å²) >= 11 is 1.41. The van der Waals surface area contributed by atoms with Crippen molar-refractivity contribution < 1.29 is 4.39 Å². The summed E-state index contributed by atoms with van der Waals surface area (Å²) in [4.78, 5) is 0. The third kappa shape index (κ3) is 1.85. The van der Waals surface area contributed by atoms with Crippen LogP contribution in [0.5, 0.6) is 0 Å². The molecule has 0 unspecified atom stereocenters. The lowest BCUT2D eigenvalue weighted by Gasteiger charge is -1.96. The second kappa shape index (κ2) is 3.75. The first-order chi connectivity index (χ1) is 7.20. The van der Waals surface area contributed by atoms with Crippen molar-refractivity contribution in [2.45, 2.75) is 6.92 Å². The summed E-state index contributed by atoms with van der Waals surface area (Å²) in [6.07, 6.45) is 0. The van der Waals surface area contributed by atoms with E-state index in [2.05, 4.69) is 10.2 Å². The smallest absolute Gasteiger partial charge is 0.147 e. The number of nitriles is 1. The molecule has 1 aromatic heterocycles. The second-order valence-electron chi connectivity index (χ2n) is 2.93. The predicted octanol–water partition coefficient (Wildman–Crippen LogP) is 2.52. The molecular weight excluding hydrogens is 213 g/mol. The van der Waals surface area contributed by atoms with Crippen LogP contribution in [0.2, 0.25) is 0 Å². The van der Waals surface area contributed by atoms with Gasteiger partial charge in [-0.3, -0.25) is 0 Å². The lowest BCUT2D eigenvalue weighted by atomic mass is 10.1. The van der Waals surface area contributed by atoms with E-state index in [1.54, 1.807) is 12.1 Å². The molecule has 0 saturated heterocycles. The van der Waals surface area contributed by atoms with Crippen LogP contribution >= 0.6 is 11.3 Å². The Morgan fingerprint density at radius 2 is 2.20 bits per heavy atom. The average Bonchev–Trinajstić information content (AvgIpc) is 2.66. The van der Waals surface area contributed by atoms with Gasteiger partial charge in [0, 0.05) is 5.56 Å². The fraction of sp³-hybridized carbons (Fsp3) is 0.100. The van der Waals surface area contributed by atoms with Crippen LogP contribution < -0.4 is 0 Å². The number of aromatic nitrogens is 2. The van der Waals surface area contributed by atoms with E-state index in [1.807, 2.05) is 6.92 Å². The molecule has 0 spiro atoms. The van der Waals surface area contributed by atoms with Gasteiger partial charge in [0.2, 0.25) is 0 Å². The van der Waals surface area contributed by atoms with Crippen molar-refractivity contribution in [2.75, 3.05) is 0 Å². The number of halogens is 1. The Kier molecular flexibility index (Phi) is 2.44. The van der Waals surface area contributed by atoms with Crippen molar-refractivity contribution >= 4 is 11.3 Å². The summed E-state index contributed by atoms with van der Waals surface area (Å²) < 4.78 is 13.0. The van der Waals surface area contributed by atoms with Crippen molar-refractivity contribution in [1.29, 1.82) is 5.26 Å². The third-order valence-electron chi connectivity index (χ3n) is 1.86. The van der Waals surface area contributed by atoms with Crippen LogP contribution in [-0.2, 0) is 0 Å². The van der Waals surface area contributed by atoms with Crippen molar-refractivity contribution in [3.63, 3.8) is 0 Å². The summed E-state index contributed by atoms with van der Waals surface area (Å²) in [5, 5.41) is 18.0. The number of nitrogens with zero attached hydrogens (tertiary/aromatic N) is 3. The highest BCUT2D eigenvalue weighted by molar-refractivity contribution is 7.14. The molecule has 1 aromatic carbocycles. The Balaban J connectivity index is 2.51. The first-order valence-corrected chi connectivity index (χ1v) is 5.02. The zero-order valence-electron chi connectivity index (χ0n) is 7.86. The summed E-state index contributed by atoms with van der Waals surface area (Å²) in [7, 11) is 0. The van der Waals surface area contributed by atoms with Crippen LogP contribution in [0.1, 0.15) is 10.6 Å². The van der Waals surface area contributed by atoms with Crippen molar-refractivity contribution in [3.8, 4) is 16.6 Å². The third-order valence-corrected chi connectivity index (χ3v) is 2.75. The van der Waals surface area contributed by atoms with Crippen LogP contribution in [0.25, 0.3) is 10.6 Å². The molecule has 2 aromatic rings. The van der Waals surface area contributed by atoms with E-state index < -0.39 is 5.82 Å². The number of aryl methyl sites for hydroxylation is 1. The van der Waals surface area contributed by atoms with E-state index >= 15 is 0 Å². The molecule has 1 heterocycles. The molecule has 0 fully saturated rings. The normalized spacial score (nSPS) is 9.93. The van der Waals surface area contributed by atoms with Gasteiger partial charge in [-0.25, -0.2) is 4.39 Å². The van der Waals surface area contributed by atoms with Crippen LogP contribution in [0.15, 0.2) is 18.2 Å². The molecule has 74 valence electrons. The number of benzene rings is 1. The molecular formula is C10H6FN3S. The first-order valence-electron chi connectivity index (χ1n) is 4.21. The van der Waals surface area contributed by atoms with E-state index in [1.165, 1.54) is 23.5 Å². The summed E-state index contributed by atoms with van der Waals surface area (Å²) in [5.41, 5.74) is 0.749. The molecule has 15 heavy (non-hydrogen) atoms. The van der Waals surface area contributed by atoms with E-state index in [9.17, 15) is 4.39 Å². The zero-order valence-corrected chi connectivity index (χ0v) is 8.68. The van der Waals surface area contributed by atoms with Crippen molar-refractivity contribution in [3.05, 3.63) is 34.6 Å². The second-order valence-corrected chi connectivity index (χ2v) is 4.11. The largest absolute Gasteiger partial charge is 0.206 e. The number of hydrogen-bond donors (Lipinski definition) is 0. The summed E-state index contributed by atoms with van der Waals surface area (Å²) in [6, 6.07) is 6.14. The van der Waals surface area contributed by atoms with Gasteiger partial charge >= 0.3 is 0 Å². The molecule has 0 bridgehead atoms. The van der Waals surface area contributed by atoms with Crippen LogP contribution in [0.3, 0.4) is 0 Å². The monoisotopic (exact) mass is 219 g/mol. The molecule has 2 rings (SSSR count). The fourth-order valence-electron chi connectivity index (χ4n) is 1.16. The lowest BCUT2D eigenvalue weighted by Crippen LogP contribution is -1.85. The quantitative estimate of drug-likeness (QED) is 0.740. The highest BCUT2D eigenvalue weighted by atomic mass is 32.1. The molecule has 0 saturated carbocycles. The standard InChI is InChI=1S/C10H6FN3S/c1-6-13-14-10(15-6)7-2-3-9(11)8(4-7)5-12/h2-4H,1H3. The minimum Gasteiger partial charge on any atom is -0.206 e. The van der Waals surface area contributed by atoms with E-state index in [0.29, 0.717) is 5.01 Å². The molecule has 0 radical (unpaired) electrons. The highest BCUT2D eigenvalue weighted by Gasteiger charge is 2.07. The Labute approximate surface area is 89.8 Å². The van der Waals surface area contributed by atoms with Crippen LogP contribution in [-0.4, -0.2) is 10.2 Å². The van der Waals surface area contributed by atoms with Crippen molar-refractivity contribution in [2.24, 2.45) is 0 Å². The van der Waals surface area contributed by atoms with Gasteiger partial charge < -0.3 is 0 Å². The van der Waals surface area contributed by atoms with Gasteiger partial charge in [0.15, 0.2) is 0 Å². The minimum absolute atomic E-state index is 0.0281. The lowest BCUT2D eigenvalue weighted by molar-refractivity contribution is 0.624. The molecule has 3 nitrogen and oxygen atoms in total. The van der Waals surface area contributed by atoms with E-state index in [0.717, 1.165) is 10.6 Å².